The summed E-state index contributed by atoms with van der Waals surface area (Å²) in [5, 5.41) is 0. The molecule has 2 fully saturated rings. The van der Waals surface area contributed by atoms with E-state index in [-0.39, 0.29) is 16.2 Å². The van der Waals surface area contributed by atoms with E-state index in [0.717, 1.165) is 44.5 Å². The third kappa shape index (κ3) is 3.22. The van der Waals surface area contributed by atoms with Gasteiger partial charge in [-0.2, -0.15) is 0 Å². The molecule has 132 valence electrons. The highest BCUT2D eigenvalue weighted by molar-refractivity contribution is 7.90. The second kappa shape index (κ2) is 6.15. The van der Waals surface area contributed by atoms with Crippen LogP contribution >= 0.6 is 0 Å². The Hall–Kier alpha value is -1.40. The topological polar surface area (TPSA) is 63.7 Å². The Morgan fingerprint density at radius 3 is 2.71 bits per heavy atom. The Kier molecular flexibility index (Phi) is 4.47. The number of amides is 1. The molecule has 1 heterocycles. The number of hydrogen-bond acceptors (Lipinski definition) is 4. The molecular formula is C18H25NO4S. The van der Waals surface area contributed by atoms with Crippen molar-refractivity contribution in [2.45, 2.75) is 44.1 Å². The van der Waals surface area contributed by atoms with E-state index in [1.165, 1.54) is 12.3 Å². The first kappa shape index (κ1) is 17.4. The molecule has 0 aromatic heterocycles. The van der Waals surface area contributed by atoms with E-state index >= 15 is 0 Å². The SMILES string of the molecule is CCOC1CC2(CCN(C(=O)c3cc(S(C)(=O)=O)ccc3C)C2)C1. The lowest BCUT2D eigenvalue weighted by molar-refractivity contribution is -0.0707. The molecule has 5 nitrogen and oxygen atoms in total. The average Bonchev–Trinajstić information content (AvgIpc) is 2.91. The minimum absolute atomic E-state index is 0.0604. The molecule has 1 saturated carbocycles. The van der Waals surface area contributed by atoms with Gasteiger partial charge in [0, 0.05) is 31.5 Å². The molecule has 1 aliphatic heterocycles. The van der Waals surface area contributed by atoms with E-state index in [4.69, 9.17) is 4.74 Å². The fraction of sp³-hybridized carbons (Fsp3) is 0.611. The first-order chi connectivity index (χ1) is 11.2. The molecule has 24 heavy (non-hydrogen) atoms. The van der Waals surface area contributed by atoms with Crippen LogP contribution < -0.4 is 0 Å². The molecule has 1 aliphatic carbocycles. The number of ether oxygens (including phenoxy) is 1. The molecular weight excluding hydrogens is 326 g/mol. The summed E-state index contributed by atoms with van der Waals surface area (Å²) in [5.41, 5.74) is 1.52. The highest BCUT2D eigenvalue weighted by Gasteiger charge is 2.49. The second-order valence-corrected chi connectivity index (χ2v) is 9.23. The maximum atomic E-state index is 12.9. The van der Waals surface area contributed by atoms with E-state index in [1.807, 2.05) is 18.7 Å². The Morgan fingerprint density at radius 1 is 1.38 bits per heavy atom. The Labute approximate surface area is 143 Å². The van der Waals surface area contributed by atoms with Crippen LogP contribution in [0.4, 0.5) is 0 Å². The zero-order valence-corrected chi connectivity index (χ0v) is 15.4. The van der Waals surface area contributed by atoms with Crippen molar-refractivity contribution in [3.63, 3.8) is 0 Å². The summed E-state index contributed by atoms with van der Waals surface area (Å²) in [6.45, 7) is 6.08. The molecule has 1 aromatic rings. The van der Waals surface area contributed by atoms with Gasteiger partial charge in [0.25, 0.3) is 5.91 Å². The van der Waals surface area contributed by atoms with Crippen LogP contribution in [0.5, 0.6) is 0 Å². The fourth-order valence-electron chi connectivity index (χ4n) is 3.93. The molecule has 0 atom stereocenters. The summed E-state index contributed by atoms with van der Waals surface area (Å²) in [6.07, 6.45) is 4.55. The van der Waals surface area contributed by atoms with Gasteiger partial charge in [-0.1, -0.05) is 6.07 Å². The van der Waals surface area contributed by atoms with Gasteiger partial charge in [0.15, 0.2) is 9.84 Å². The predicted molar refractivity (Wildman–Crippen MR) is 91.9 cm³/mol. The predicted octanol–water partition coefficient (Wildman–Crippen LogP) is 2.43. The zero-order chi connectivity index (χ0) is 17.5. The lowest BCUT2D eigenvalue weighted by atomic mass is 9.66. The number of nitrogens with zero attached hydrogens (tertiary/aromatic N) is 1. The van der Waals surface area contributed by atoms with Gasteiger partial charge in [0.1, 0.15) is 0 Å². The van der Waals surface area contributed by atoms with Crippen molar-refractivity contribution in [1.82, 2.24) is 4.90 Å². The number of aryl methyl sites for hydroxylation is 1. The monoisotopic (exact) mass is 351 g/mol. The molecule has 6 heteroatoms. The van der Waals surface area contributed by atoms with E-state index in [1.54, 1.807) is 12.1 Å². The van der Waals surface area contributed by atoms with Crippen LogP contribution in [-0.4, -0.2) is 51.3 Å². The van der Waals surface area contributed by atoms with E-state index in [9.17, 15) is 13.2 Å². The number of hydrogen-bond donors (Lipinski definition) is 0. The van der Waals surface area contributed by atoms with Crippen molar-refractivity contribution in [2.24, 2.45) is 5.41 Å². The maximum absolute atomic E-state index is 12.9. The third-order valence-corrected chi connectivity index (χ3v) is 6.43. The normalized spacial score (nSPS) is 26.6. The molecule has 0 N–H and O–H groups in total. The zero-order valence-electron chi connectivity index (χ0n) is 14.5. The van der Waals surface area contributed by atoms with Crippen molar-refractivity contribution in [2.75, 3.05) is 26.0 Å². The summed E-state index contributed by atoms with van der Waals surface area (Å²) in [6, 6.07) is 4.79. The minimum atomic E-state index is -3.32. The summed E-state index contributed by atoms with van der Waals surface area (Å²) in [7, 11) is -3.32. The quantitative estimate of drug-likeness (QED) is 0.836. The summed E-state index contributed by atoms with van der Waals surface area (Å²) >= 11 is 0. The number of carbonyl (C=O) groups is 1. The highest BCUT2D eigenvalue weighted by Crippen LogP contribution is 2.49. The average molecular weight is 351 g/mol. The maximum Gasteiger partial charge on any atom is 0.254 e. The second-order valence-electron chi connectivity index (χ2n) is 7.21. The van der Waals surface area contributed by atoms with Gasteiger partial charge < -0.3 is 9.64 Å². The summed E-state index contributed by atoms with van der Waals surface area (Å²) in [5.74, 6) is -0.0604. The van der Waals surface area contributed by atoms with Gasteiger partial charge in [0.05, 0.1) is 11.0 Å². The number of rotatable bonds is 4. The van der Waals surface area contributed by atoms with Crippen LogP contribution in [0.1, 0.15) is 42.1 Å². The van der Waals surface area contributed by atoms with Crippen LogP contribution in [0.25, 0.3) is 0 Å². The van der Waals surface area contributed by atoms with E-state index in [0.29, 0.717) is 11.7 Å². The number of likely N-dealkylation sites (tertiary alicyclic amines) is 1. The fourth-order valence-corrected chi connectivity index (χ4v) is 4.58. The largest absolute Gasteiger partial charge is 0.378 e. The van der Waals surface area contributed by atoms with Crippen molar-refractivity contribution < 1.29 is 17.9 Å². The van der Waals surface area contributed by atoms with E-state index in [2.05, 4.69) is 0 Å². The van der Waals surface area contributed by atoms with Gasteiger partial charge in [-0.15, -0.1) is 0 Å². The third-order valence-electron chi connectivity index (χ3n) is 5.32. The summed E-state index contributed by atoms with van der Waals surface area (Å²) in [4.78, 5) is 15.0. The van der Waals surface area contributed by atoms with Crippen molar-refractivity contribution in [3.8, 4) is 0 Å². The van der Waals surface area contributed by atoms with Gasteiger partial charge in [-0.3, -0.25) is 4.79 Å². The first-order valence-electron chi connectivity index (χ1n) is 8.46. The van der Waals surface area contributed by atoms with Crippen LogP contribution in [0, 0.1) is 12.3 Å². The lowest BCUT2D eigenvalue weighted by Crippen LogP contribution is -2.45. The molecule has 3 rings (SSSR count). The first-order valence-corrected chi connectivity index (χ1v) is 10.3. The molecule has 1 saturated heterocycles. The number of sulfone groups is 1. The van der Waals surface area contributed by atoms with Gasteiger partial charge >= 0.3 is 0 Å². The molecule has 0 radical (unpaired) electrons. The standard InChI is InChI=1S/C18H25NO4S/c1-4-23-14-10-18(11-14)7-8-19(12-18)17(20)16-9-15(24(3,21)22)6-5-13(16)2/h5-6,9,14H,4,7-8,10-12H2,1-3H3. The lowest BCUT2D eigenvalue weighted by Gasteiger charge is -2.44. The van der Waals surface area contributed by atoms with E-state index < -0.39 is 9.84 Å². The molecule has 1 spiro atoms. The van der Waals surface area contributed by atoms with Crippen molar-refractivity contribution in [1.29, 1.82) is 0 Å². The van der Waals surface area contributed by atoms with Gasteiger partial charge in [-0.25, -0.2) is 8.42 Å². The van der Waals surface area contributed by atoms with Crippen LogP contribution in [0.15, 0.2) is 23.1 Å². The smallest absolute Gasteiger partial charge is 0.254 e. The Bertz CT molecular complexity index is 750. The highest BCUT2D eigenvalue weighted by atomic mass is 32.2. The van der Waals surface area contributed by atoms with Gasteiger partial charge in [-0.05, 0) is 56.2 Å². The Morgan fingerprint density at radius 2 is 2.08 bits per heavy atom. The van der Waals surface area contributed by atoms with Crippen LogP contribution in [-0.2, 0) is 14.6 Å². The summed E-state index contributed by atoms with van der Waals surface area (Å²) < 4.78 is 29.2. The molecule has 1 aromatic carbocycles. The molecule has 1 amide bonds. The van der Waals surface area contributed by atoms with Gasteiger partial charge in [0.2, 0.25) is 0 Å². The van der Waals surface area contributed by atoms with Crippen molar-refractivity contribution >= 4 is 15.7 Å². The van der Waals surface area contributed by atoms with Crippen molar-refractivity contribution in [3.05, 3.63) is 29.3 Å². The van der Waals surface area contributed by atoms with Crippen LogP contribution in [0.2, 0.25) is 0 Å². The van der Waals surface area contributed by atoms with Crippen LogP contribution in [0.3, 0.4) is 0 Å². The Balaban J connectivity index is 1.74. The molecule has 2 aliphatic rings. The number of carbonyl (C=O) groups excluding carboxylic acids is 1. The number of benzene rings is 1. The minimum Gasteiger partial charge on any atom is -0.378 e. The molecule has 0 unspecified atom stereocenters. The molecule has 0 bridgehead atoms.